The molecule has 3 atom stereocenters. The first-order chi connectivity index (χ1) is 18.4. The van der Waals surface area contributed by atoms with Crippen LogP contribution < -0.4 is 14.2 Å². The van der Waals surface area contributed by atoms with Gasteiger partial charge in [0.1, 0.15) is 11.9 Å². The van der Waals surface area contributed by atoms with Crippen LogP contribution in [-0.2, 0) is 9.47 Å². The molecule has 2 aromatic carbocycles. The fourth-order valence-electron chi connectivity index (χ4n) is 5.14. The normalized spacial score (nSPS) is 20.2. The summed E-state index contributed by atoms with van der Waals surface area (Å²) < 4.78 is 27.2. The van der Waals surface area contributed by atoms with Gasteiger partial charge < -0.3 is 33.7 Å². The van der Waals surface area contributed by atoms with Crippen LogP contribution in [0.5, 0.6) is 17.2 Å². The van der Waals surface area contributed by atoms with Crippen LogP contribution in [0.25, 0.3) is 0 Å². The molecule has 10 heteroatoms. The van der Waals surface area contributed by atoms with Gasteiger partial charge in [-0.1, -0.05) is 31.5 Å². The number of carbonyl (C=O) groups is 2. The number of carbonyl (C=O) groups excluding carboxylic acids is 1. The Hall–Kier alpha value is -3.66. The molecule has 1 saturated heterocycles. The van der Waals surface area contributed by atoms with E-state index in [0.717, 1.165) is 24.0 Å². The van der Waals surface area contributed by atoms with Gasteiger partial charge in [0.2, 0.25) is 6.79 Å². The number of rotatable bonds is 11. The Morgan fingerprint density at radius 2 is 1.79 bits per heavy atom. The molecule has 0 radical (unpaired) electrons. The predicted molar refractivity (Wildman–Crippen MR) is 139 cm³/mol. The standard InChI is InChI=1S/C28H36N2O8/c1-4-6-13-29(27(31)35-5-2)14-15-30-17-22(20-9-12-23-24(16-20)37-18-36-23)26(38-28(32)33)25(30)19-7-10-21(34-3)11-8-19/h7-12,16,22,25-26H,4-6,13-15,17-18H2,1-3H3,(H,32,33)/t22-,25-,26+/m1/s1. The molecule has 1 fully saturated rings. The number of nitrogens with zero attached hydrogens (tertiary/aromatic N) is 2. The van der Waals surface area contributed by atoms with E-state index in [1.54, 1.807) is 18.9 Å². The van der Waals surface area contributed by atoms with Crippen LogP contribution in [0.1, 0.15) is 49.8 Å². The lowest BCUT2D eigenvalue weighted by molar-refractivity contribution is 0.0275. The van der Waals surface area contributed by atoms with Crippen molar-refractivity contribution >= 4 is 12.2 Å². The zero-order valence-corrected chi connectivity index (χ0v) is 22.1. The summed E-state index contributed by atoms with van der Waals surface area (Å²) >= 11 is 0. The van der Waals surface area contributed by atoms with Crippen LogP contribution in [0.4, 0.5) is 9.59 Å². The quantitative estimate of drug-likeness (QED) is 0.408. The first-order valence-corrected chi connectivity index (χ1v) is 13.0. The highest BCUT2D eigenvalue weighted by atomic mass is 16.7. The molecule has 1 amide bonds. The number of unbranched alkanes of at least 4 members (excludes halogenated alkanes) is 1. The topological polar surface area (TPSA) is 107 Å². The molecule has 1 N–H and O–H groups in total. The highest BCUT2D eigenvalue weighted by Crippen LogP contribution is 2.45. The minimum Gasteiger partial charge on any atom is -0.497 e. The second-order valence-electron chi connectivity index (χ2n) is 9.32. The number of ether oxygens (including phenoxy) is 5. The van der Waals surface area contributed by atoms with Gasteiger partial charge in [0.15, 0.2) is 11.5 Å². The van der Waals surface area contributed by atoms with E-state index in [2.05, 4.69) is 11.8 Å². The molecule has 2 aliphatic heterocycles. The Kier molecular flexibility index (Phi) is 9.17. The third-order valence-electron chi connectivity index (χ3n) is 7.02. The van der Waals surface area contributed by atoms with Gasteiger partial charge in [0, 0.05) is 32.1 Å². The highest BCUT2D eigenvalue weighted by molar-refractivity contribution is 5.67. The van der Waals surface area contributed by atoms with Gasteiger partial charge in [-0.25, -0.2) is 9.59 Å². The van der Waals surface area contributed by atoms with E-state index in [1.807, 2.05) is 42.5 Å². The fraction of sp³-hybridized carbons (Fsp3) is 0.500. The average Bonchev–Trinajstić information content (AvgIpc) is 3.52. The lowest BCUT2D eigenvalue weighted by atomic mass is 9.90. The van der Waals surface area contributed by atoms with Crippen LogP contribution in [0.2, 0.25) is 0 Å². The van der Waals surface area contributed by atoms with Crippen molar-refractivity contribution in [3.05, 3.63) is 53.6 Å². The van der Waals surface area contributed by atoms with Gasteiger partial charge in [0.05, 0.1) is 19.8 Å². The molecule has 2 heterocycles. The van der Waals surface area contributed by atoms with Crippen molar-refractivity contribution < 1.29 is 38.4 Å². The van der Waals surface area contributed by atoms with E-state index in [1.165, 1.54) is 0 Å². The Labute approximate surface area is 223 Å². The van der Waals surface area contributed by atoms with Crippen molar-refractivity contribution in [1.82, 2.24) is 9.80 Å². The third kappa shape index (κ3) is 6.24. The minimum atomic E-state index is -1.34. The van der Waals surface area contributed by atoms with Crippen molar-refractivity contribution in [3.63, 3.8) is 0 Å². The average molecular weight is 529 g/mol. The maximum absolute atomic E-state index is 12.6. The summed E-state index contributed by atoms with van der Waals surface area (Å²) in [6, 6.07) is 12.9. The van der Waals surface area contributed by atoms with E-state index in [0.29, 0.717) is 50.0 Å². The summed E-state index contributed by atoms with van der Waals surface area (Å²) in [6.07, 6.45) is -0.544. The van der Waals surface area contributed by atoms with Crippen LogP contribution >= 0.6 is 0 Å². The maximum atomic E-state index is 12.6. The van der Waals surface area contributed by atoms with Crippen molar-refractivity contribution in [2.24, 2.45) is 0 Å². The van der Waals surface area contributed by atoms with Crippen LogP contribution in [0, 0.1) is 0 Å². The number of hydrogen-bond acceptors (Lipinski definition) is 8. The van der Waals surface area contributed by atoms with Gasteiger partial charge >= 0.3 is 12.2 Å². The Bertz CT molecular complexity index is 1090. The zero-order valence-electron chi connectivity index (χ0n) is 22.1. The SMILES string of the molecule is CCCCN(CCN1C[C@H](c2ccc3c(c2)OCO3)[C@H](OC(=O)O)[C@H]1c1ccc(OC)cc1)C(=O)OCC. The van der Waals surface area contributed by atoms with Gasteiger partial charge in [-0.2, -0.15) is 0 Å². The van der Waals surface area contributed by atoms with E-state index in [4.69, 9.17) is 23.7 Å². The second kappa shape index (κ2) is 12.7. The monoisotopic (exact) mass is 528 g/mol. The Balaban J connectivity index is 1.66. The first kappa shape index (κ1) is 27.4. The smallest absolute Gasteiger partial charge is 0.497 e. The van der Waals surface area contributed by atoms with Crippen molar-refractivity contribution in [2.45, 2.75) is 44.8 Å². The minimum absolute atomic E-state index is 0.153. The number of benzene rings is 2. The summed E-state index contributed by atoms with van der Waals surface area (Å²) in [5.74, 6) is 1.73. The molecule has 0 aliphatic carbocycles. The largest absolute Gasteiger partial charge is 0.506 e. The lowest BCUT2D eigenvalue weighted by Gasteiger charge is -2.30. The molecule has 0 aromatic heterocycles. The fourth-order valence-corrected chi connectivity index (χ4v) is 5.14. The number of methoxy groups -OCH3 is 1. The predicted octanol–water partition coefficient (Wildman–Crippen LogP) is 4.89. The maximum Gasteiger partial charge on any atom is 0.506 e. The van der Waals surface area contributed by atoms with E-state index < -0.39 is 12.3 Å². The van der Waals surface area contributed by atoms with Crippen LogP contribution in [0.3, 0.4) is 0 Å². The van der Waals surface area contributed by atoms with E-state index in [-0.39, 0.29) is 24.8 Å². The van der Waals surface area contributed by atoms with Gasteiger partial charge in [-0.3, -0.25) is 4.90 Å². The first-order valence-electron chi connectivity index (χ1n) is 13.0. The molecule has 38 heavy (non-hydrogen) atoms. The molecule has 2 aromatic rings. The van der Waals surface area contributed by atoms with Gasteiger partial charge in [-0.15, -0.1) is 0 Å². The van der Waals surface area contributed by atoms with Crippen molar-refractivity contribution in [2.75, 3.05) is 46.7 Å². The molecule has 10 nitrogen and oxygen atoms in total. The number of fused-ring (bicyclic) bond motifs is 1. The molecular weight excluding hydrogens is 492 g/mol. The van der Waals surface area contributed by atoms with Gasteiger partial charge in [-0.05, 0) is 48.7 Å². The molecule has 0 saturated carbocycles. The summed E-state index contributed by atoms with van der Waals surface area (Å²) in [6.45, 7) is 6.41. The second-order valence-corrected chi connectivity index (χ2v) is 9.32. The Morgan fingerprint density at radius 3 is 2.47 bits per heavy atom. The summed E-state index contributed by atoms with van der Waals surface area (Å²) in [5, 5.41) is 9.70. The molecule has 0 spiro atoms. The van der Waals surface area contributed by atoms with Crippen molar-refractivity contribution in [3.8, 4) is 17.2 Å². The lowest BCUT2D eigenvalue weighted by Crippen LogP contribution is -2.40. The highest BCUT2D eigenvalue weighted by Gasteiger charge is 2.46. The summed E-state index contributed by atoms with van der Waals surface area (Å²) in [5.41, 5.74) is 1.80. The molecule has 0 unspecified atom stereocenters. The van der Waals surface area contributed by atoms with Gasteiger partial charge in [0.25, 0.3) is 0 Å². The number of likely N-dealkylation sites (tertiary alicyclic amines) is 1. The number of amides is 1. The third-order valence-corrected chi connectivity index (χ3v) is 7.02. The number of hydrogen-bond donors (Lipinski definition) is 1. The molecule has 206 valence electrons. The molecule has 4 rings (SSSR count). The Morgan fingerprint density at radius 1 is 1.05 bits per heavy atom. The summed E-state index contributed by atoms with van der Waals surface area (Å²) in [4.78, 5) is 28.4. The van der Waals surface area contributed by atoms with Crippen LogP contribution in [-0.4, -0.2) is 79.9 Å². The van der Waals surface area contributed by atoms with Crippen LogP contribution in [0.15, 0.2) is 42.5 Å². The zero-order chi connectivity index (χ0) is 27.1. The molecule has 0 bridgehead atoms. The van der Waals surface area contributed by atoms with E-state index >= 15 is 0 Å². The molecular formula is C28H36N2O8. The number of carboxylic acid groups (broad SMARTS) is 1. The summed E-state index contributed by atoms with van der Waals surface area (Å²) in [7, 11) is 1.60. The van der Waals surface area contributed by atoms with E-state index in [9.17, 15) is 14.7 Å². The van der Waals surface area contributed by atoms with Crippen molar-refractivity contribution in [1.29, 1.82) is 0 Å². The molecule has 2 aliphatic rings.